The molecule has 0 unspecified atom stereocenters. The highest BCUT2D eigenvalue weighted by Gasteiger charge is 2.15. The number of aryl methyl sites for hydroxylation is 1. The van der Waals surface area contributed by atoms with Crippen molar-refractivity contribution >= 4 is 5.69 Å². The molecule has 0 aliphatic carbocycles. The van der Waals surface area contributed by atoms with Crippen LogP contribution >= 0.6 is 0 Å². The molecule has 1 aromatic carbocycles. The van der Waals surface area contributed by atoms with Crippen LogP contribution in [0.15, 0.2) is 45.5 Å². The number of para-hydroxylation sites is 1. The molecule has 0 spiro atoms. The minimum Gasteiger partial charge on any atom is -0.469 e. The molecule has 0 atom stereocenters. The smallest absolute Gasteiger partial charge is 0.260 e. The molecule has 2 aromatic heterocycles. The first-order valence-electron chi connectivity index (χ1n) is 5.95. The first-order valence-corrected chi connectivity index (χ1v) is 5.95. The average molecular weight is 255 g/mol. The molecule has 2 heterocycles. The van der Waals surface area contributed by atoms with Crippen molar-refractivity contribution in [2.24, 2.45) is 0 Å². The Kier molecular flexibility index (Phi) is 2.79. The number of aromatic nitrogens is 2. The largest absolute Gasteiger partial charge is 0.469 e. The molecule has 5 heteroatoms. The standard InChI is InChI=1S/C14H13N3O2/c1-9-10(7-8-18-9)13-16-14(19-17-13)11-5-3-4-6-12(11)15-2/h3-8,15H,1-2H3. The predicted molar refractivity (Wildman–Crippen MR) is 71.7 cm³/mol. The Morgan fingerprint density at radius 1 is 1.11 bits per heavy atom. The molecule has 19 heavy (non-hydrogen) atoms. The van der Waals surface area contributed by atoms with Crippen molar-refractivity contribution in [3.63, 3.8) is 0 Å². The lowest BCUT2D eigenvalue weighted by molar-refractivity contribution is 0.432. The fourth-order valence-electron chi connectivity index (χ4n) is 1.95. The van der Waals surface area contributed by atoms with Gasteiger partial charge in [-0.2, -0.15) is 4.98 Å². The van der Waals surface area contributed by atoms with Gasteiger partial charge in [0.1, 0.15) is 5.76 Å². The molecule has 0 aliphatic rings. The highest BCUT2D eigenvalue weighted by molar-refractivity contribution is 5.73. The number of hydrogen-bond donors (Lipinski definition) is 1. The second-order valence-corrected chi connectivity index (χ2v) is 4.11. The molecule has 3 aromatic rings. The first-order chi connectivity index (χ1) is 9.29. The Morgan fingerprint density at radius 2 is 1.95 bits per heavy atom. The van der Waals surface area contributed by atoms with E-state index >= 15 is 0 Å². The van der Waals surface area contributed by atoms with Gasteiger partial charge in [-0.25, -0.2) is 0 Å². The molecule has 0 bridgehead atoms. The predicted octanol–water partition coefficient (Wildman–Crippen LogP) is 3.35. The summed E-state index contributed by atoms with van der Waals surface area (Å²) < 4.78 is 10.6. The molecule has 3 rings (SSSR count). The van der Waals surface area contributed by atoms with Crippen LogP contribution in [0.2, 0.25) is 0 Å². The number of nitrogens with one attached hydrogen (secondary N) is 1. The van der Waals surface area contributed by atoms with Crippen molar-refractivity contribution in [3.05, 3.63) is 42.4 Å². The SMILES string of the molecule is CNc1ccccc1-c1nc(-c2ccoc2C)no1. The highest BCUT2D eigenvalue weighted by Crippen LogP contribution is 2.29. The van der Waals surface area contributed by atoms with Crippen LogP contribution in [0.5, 0.6) is 0 Å². The number of hydrogen-bond acceptors (Lipinski definition) is 5. The van der Waals surface area contributed by atoms with Crippen molar-refractivity contribution in [3.8, 4) is 22.8 Å². The number of rotatable bonds is 3. The van der Waals surface area contributed by atoms with Crippen molar-refractivity contribution in [2.45, 2.75) is 6.92 Å². The summed E-state index contributed by atoms with van der Waals surface area (Å²) in [7, 11) is 1.86. The monoisotopic (exact) mass is 255 g/mol. The van der Waals surface area contributed by atoms with Crippen LogP contribution in [0.3, 0.4) is 0 Å². The maximum absolute atomic E-state index is 5.33. The number of benzene rings is 1. The van der Waals surface area contributed by atoms with Crippen LogP contribution in [-0.4, -0.2) is 17.2 Å². The maximum atomic E-state index is 5.33. The molecule has 0 aliphatic heterocycles. The fourth-order valence-corrected chi connectivity index (χ4v) is 1.95. The van der Waals surface area contributed by atoms with E-state index in [1.54, 1.807) is 6.26 Å². The average Bonchev–Trinajstić information content (AvgIpc) is 3.07. The third-order valence-electron chi connectivity index (χ3n) is 2.95. The lowest BCUT2D eigenvalue weighted by Crippen LogP contribution is -1.91. The third-order valence-corrected chi connectivity index (χ3v) is 2.95. The zero-order chi connectivity index (χ0) is 13.2. The highest BCUT2D eigenvalue weighted by atomic mass is 16.5. The molecular weight excluding hydrogens is 242 g/mol. The Hall–Kier alpha value is -2.56. The van der Waals surface area contributed by atoms with E-state index in [-0.39, 0.29) is 0 Å². The van der Waals surface area contributed by atoms with E-state index in [0.717, 1.165) is 22.6 Å². The quantitative estimate of drug-likeness (QED) is 0.777. The van der Waals surface area contributed by atoms with Gasteiger partial charge in [-0.1, -0.05) is 17.3 Å². The minimum atomic E-state index is 0.487. The molecule has 1 N–H and O–H groups in total. The molecule has 0 amide bonds. The molecule has 0 fully saturated rings. The summed E-state index contributed by atoms with van der Waals surface area (Å²) in [5, 5.41) is 7.10. The van der Waals surface area contributed by atoms with Crippen LogP contribution in [0.1, 0.15) is 5.76 Å². The van der Waals surface area contributed by atoms with E-state index in [4.69, 9.17) is 8.94 Å². The van der Waals surface area contributed by atoms with E-state index in [9.17, 15) is 0 Å². The summed E-state index contributed by atoms with van der Waals surface area (Å²) in [6.07, 6.45) is 1.61. The van der Waals surface area contributed by atoms with Crippen LogP contribution < -0.4 is 5.32 Å². The Balaban J connectivity index is 2.04. The van der Waals surface area contributed by atoms with Gasteiger partial charge in [0.2, 0.25) is 5.82 Å². The Labute approximate surface area is 110 Å². The van der Waals surface area contributed by atoms with Crippen molar-refractivity contribution in [2.75, 3.05) is 12.4 Å². The van der Waals surface area contributed by atoms with Crippen LogP contribution in [-0.2, 0) is 0 Å². The summed E-state index contributed by atoms with van der Waals surface area (Å²) in [5.74, 6) is 1.79. The number of anilines is 1. The zero-order valence-electron chi connectivity index (χ0n) is 10.7. The van der Waals surface area contributed by atoms with Crippen molar-refractivity contribution in [1.82, 2.24) is 10.1 Å². The van der Waals surface area contributed by atoms with Gasteiger partial charge in [0.05, 0.1) is 17.4 Å². The van der Waals surface area contributed by atoms with Gasteiger partial charge in [0, 0.05) is 12.7 Å². The van der Waals surface area contributed by atoms with Gasteiger partial charge in [0.15, 0.2) is 0 Å². The van der Waals surface area contributed by atoms with E-state index in [0.29, 0.717) is 11.7 Å². The summed E-state index contributed by atoms with van der Waals surface area (Å²) in [6, 6.07) is 9.61. The Morgan fingerprint density at radius 3 is 2.68 bits per heavy atom. The van der Waals surface area contributed by atoms with E-state index in [1.165, 1.54) is 0 Å². The normalized spacial score (nSPS) is 10.6. The fraction of sp³-hybridized carbons (Fsp3) is 0.143. The van der Waals surface area contributed by atoms with Crippen molar-refractivity contribution < 1.29 is 8.94 Å². The first kappa shape index (κ1) is 11.5. The lowest BCUT2D eigenvalue weighted by atomic mass is 10.2. The lowest BCUT2D eigenvalue weighted by Gasteiger charge is -2.03. The number of nitrogens with zero attached hydrogens (tertiary/aromatic N) is 2. The molecule has 0 saturated heterocycles. The molecule has 0 saturated carbocycles. The Bertz CT molecular complexity index is 700. The summed E-state index contributed by atoms with van der Waals surface area (Å²) in [5.41, 5.74) is 2.67. The van der Waals surface area contributed by atoms with Crippen LogP contribution in [0.4, 0.5) is 5.69 Å². The topological polar surface area (TPSA) is 64.1 Å². The third kappa shape index (κ3) is 1.99. The summed E-state index contributed by atoms with van der Waals surface area (Å²) in [6.45, 7) is 1.87. The van der Waals surface area contributed by atoms with E-state index in [1.807, 2.05) is 44.3 Å². The second kappa shape index (κ2) is 4.61. The van der Waals surface area contributed by atoms with Gasteiger partial charge in [-0.3, -0.25) is 0 Å². The summed E-state index contributed by atoms with van der Waals surface area (Å²) in [4.78, 5) is 4.41. The van der Waals surface area contributed by atoms with E-state index in [2.05, 4.69) is 15.5 Å². The van der Waals surface area contributed by atoms with Gasteiger partial charge in [-0.05, 0) is 25.1 Å². The van der Waals surface area contributed by atoms with Crippen molar-refractivity contribution in [1.29, 1.82) is 0 Å². The molecule has 96 valence electrons. The summed E-state index contributed by atoms with van der Waals surface area (Å²) >= 11 is 0. The minimum absolute atomic E-state index is 0.487. The van der Waals surface area contributed by atoms with Gasteiger partial charge < -0.3 is 14.3 Å². The van der Waals surface area contributed by atoms with Crippen LogP contribution in [0.25, 0.3) is 22.8 Å². The molecule has 0 radical (unpaired) electrons. The maximum Gasteiger partial charge on any atom is 0.260 e. The molecular formula is C14H13N3O2. The van der Waals surface area contributed by atoms with Gasteiger partial charge >= 0.3 is 0 Å². The molecule has 5 nitrogen and oxygen atoms in total. The van der Waals surface area contributed by atoms with Crippen LogP contribution in [0, 0.1) is 6.92 Å². The second-order valence-electron chi connectivity index (χ2n) is 4.11. The van der Waals surface area contributed by atoms with Gasteiger partial charge in [0.25, 0.3) is 5.89 Å². The van der Waals surface area contributed by atoms with Gasteiger partial charge in [-0.15, -0.1) is 0 Å². The number of furan rings is 1. The zero-order valence-corrected chi connectivity index (χ0v) is 10.7. The van der Waals surface area contributed by atoms with E-state index < -0.39 is 0 Å².